The van der Waals surface area contributed by atoms with Crippen LogP contribution in [0.4, 0.5) is 5.82 Å². The van der Waals surface area contributed by atoms with Crippen molar-refractivity contribution in [2.45, 2.75) is 25.8 Å². The number of carboxylic acids is 1. The molecule has 1 amide bonds. The topological polar surface area (TPSA) is 105 Å². The van der Waals surface area contributed by atoms with Gasteiger partial charge in [-0.1, -0.05) is 6.07 Å². The number of aromatic nitrogens is 1. The van der Waals surface area contributed by atoms with Crippen molar-refractivity contribution in [1.29, 1.82) is 0 Å². The number of pyridine rings is 1. The Morgan fingerprint density at radius 1 is 1.29 bits per heavy atom. The highest BCUT2D eigenvalue weighted by atomic mass is 16.4. The van der Waals surface area contributed by atoms with Crippen LogP contribution in [0.2, 0.25) is 0 Å². The number of carbonyl (C=O) groups is 2. The molecule has 1 heterocycles. The van der Waals surface area contributed by atoms with Gasteiger partial charge >= 0.3 is 5.97 Å². The molecule has 0 aliphatic rings. The van der Waals surface area contributed by atoms with Gasteiger partial charge in [0.25, 0.3) is 0 Å². The fourth-order valence-corrected chi connectivity index (χ4v) is 2.24. The summed E-state index contributed by atoms with van der Waals surface area (Å²) < 4.78 is 0. The number of nitrogens with one attached hydrogen (secondary N) is 1. The maximum absolute atomic E-state index is 11.2. The molecule has 0 unspecified atom stereocenters. The number of primary amides is 1. The number of rotatable bonds is 5. The van der Waals surface area contributed by atoms with Crippen LogP contribution in [0.15, 0.2) is 30.3 Å². The molecule has 1 aromatic carbocycles. The molecule has 0 saturated heterocycles. The van der Waals surface area contributed by atoms with Crippen molar-refractivity contribution < 1.29 is 14.7 Å². The van der Waals surface area contributed by atoms with Crippen LogP contribution < -0.4 is 11.1 Å². The number of benzene rings is 1. The number of carboxylic acid groups (broad SMARTS) is 1. The summed E-state index contributed by atoms with van der Waals surface area (Å²) >= 11 is 0. The Hall–Kier alpha value is -2.63. The number of hydrogen-bond donors (Lipinski definition) is 3. The van der Waals surface area contributed by atoms with Crippen molar-refractivity contribution in [2.24, 2.45) is 5.73 Å². The normalized spacial score (nSPS) is 11.3. The summed E-state index contributed by atoms with van der Waals surface area (Å²) in [5, 5.41) is 12.8. The van der Waals surface area contributed by atoms with Crippen LogP contribution in [0.25, 0.3) is 10.9 Å². The van der Waals surface area contributed by atoms with Gasteiger partial charge in [-0.15, -0.1) is 0 Å². The van der Waals surface area contributed by atoms with Crippen molar-refractivity contribution in [3.8, 4) is 0 Å². The summed E-state index contributed by atoms with van der Waals surface area (Å²) in [4.78, 5) is 26.6. The van der Waals surface area contributed by atoms with E-state index in [2.05, 4.69) is 10.3 Å². The lowest BCUT2D eigenvalue weighted by Gasteiger charge is -2.25. The molecule has 6 nitrogen and oxygen atoms in total. The van der Waals surface area contributed by atoms with Crippen LogP contribution in [0, 0.1) is 0 Å². The largest absolute Gasteiger partial charge is 0.478 e. The number of nitrogens with zero attached hydrogens (tertiary/aromatic N) is 1. The molecule has 21 heavy (non-hydrogen) atoms. The standard InChI is InChI=1S/C15H17N3O3/c1-15(2,8-12(16)19)18-13-7-6-9-10(14(20)21)4-3-5-11(9)17-13/h3-7H,8H2,1-2H3,(H2,16,19)(H,17,18)(H,20,21). The maximum atomic E-state index is 11.2. The van der Waals surface area contributed by atoms with Gasteiger partial charge in [0.1, 0.15) is 5.82 Å². The number of aromatic carboxylic acids is 1. The van der Waals surface area contributed by atoms with Gasteiger partial charge in [-0.2, -0.15) is 0 Å². The third-order valence-electron chi connectivity index (χ3n) is 3.04. The molecule has 0 radical (unpaired) electrons. The van der Waals surface area contributed by atoms with Gasteiger partial charge in [0.05, 0.1) is 11.1 Å². The van der Waals surface area contributed by atoms with Crippen molar-refractivity contribution in [2.75, 3.05) is 5.32 Å². The number of hydrogen-bond acceptors (Lipinski definition) is 4. The van der Waals surface area contributed by atoms with E-state index in [-0.39, 0.29) is 12.0 Å². The monoisotopic (exact) mass is 287 g/mol. The Labute approximate surface area is 122 Å². The highest BCUT2D eigenvalue weighted by molar-refractivity contribution is 6.02. The quantitative estimate of drug-likeness (QED) is 0.780. The van der Waals surface area contributed by atoms with Gasteiger partial charge in [-0.05, 0) is 38.1 Å². The average Bonchev–Trinajstić information content (AvgIpc) is 2.35. The molecule has 0 bridgehead atoms. The van der Waals surface area contributed by atoms with Crippen molar-refractivity contribution in [3.05, 3.63) is 35.9 Å². The lowest BCUT2D eigenvalue weighted by atomic mass is 10.0. The molecular weight excluding hydrogens is 270 g/mol. The summed E-state index contributed by atoms with van der Waals surface area (Å²) in [6.45, 7) is 3.69. The van der Waals surface area contributed by atoms with Crippen LogP contribution in [0.5, 0.6) is 0 Å². The zero-order chi connectivity index (χ0) is 15.6. The van der Waals surface area contributed by atoms with E-state index in [0.717, 1.165) is 0 Å². The maximum Gasteiger partial charge on any atom is 0.336 e. The summed E-state index contributed by atoms with van der Waals surface area (Å²) in [7, 11) is 0. The van der Waals surface area contributed by atoms with Crippen LogP contribution in [-0.4, -0.2) is 27.5 Å². The van der Waals surface area contributed by atoms with E-state index < -0.39 is 17.4 Å². The molecule has 110 valence electrons. The fraction of sp³-hybridized carbons (Fsp3) is 0.267. The van der Waals surface area contributed by atoms with Gasteiger partial charge in [-0.3, -0.25) is 4.79 Å². The minimum atomic E-state index is -0.989. The third-order valence-corrected chi connectivity index (χ3v) is 3.04. The van der Waals surface area contributed by atoms with E-state index in [4.69, 9.17) is 10.8 Å². The van der Waals surface area contributed by atoms with Crippen molar-refractivity contribution >= 4 is 28.6 Å². The Balaban J connectivity index is 2.36. The number of fused-ring (bicyclic) bond motifs is 1. The molecular formula is C15H17N3O3. The van der Waals surface area contributed by atoms with E-state index in [1.165, 1.54) is 6.07 Å². The van der Waals surface area contributed by atoms with Crippen molar-refractivity contribution in [1.82, 2.24) is 4.98 Å². The first kappa shape index (κ1) is 14.8. The first-order valence-corrected chi connectivity index (χ1v) is 6.48. The van der Waals surface area contributed by atoms with Crippen LogP contribution in [0.1, 0.15) is 30.6 Å². The number of anilines is 1. The summed E-state index contributed by atoms with van der Waals surface area (Å²) in [6.07, 6.45) is 0.169. The smallest absolute Gasteiger partial charge is 0.336 e. The highest BCUT2D eigenvalue weighted by Gasteiger charge is 2.21. The Morgan fingerprint density at radius 3 is 2.62 bits per heavy atom. The van der Waals surface area contributed by atoms with Gasteiger partial charge in [0.15, 0.2) is 0 Å². The lowest BCUT2D eigenvalue weighted by molar-refractivity contribution is -0.118. The molecule has 0 aliphatic heterocycles. The van der Waals surface area contributed by atoms with Gasteiger partial charge in [0.2, 0.25) is 5.91 Å². The molecule has 6 heteroatoms. The predicted octanol–water partition coefficient (Wildman–Crippen LogP) is 2.00. The average molecular weight is 287 g/mol. The lowest BCUT2D eigenvalue weighted by Crippen LogP contribution is -2.36. The third kappa shape index (κ3) is 3.47. The van der Waals surface area contributed by atoms with Crippen molar-refractivity contribution in [3.63, 3.8) is 0 Å². The second-order valence-corrected chi connectivity index (χ2v) is 5.53. The van der Waals surface area contributed by atoms with Gasteiger partial charge < -0.3 is 16.2 Å². The Morgan fingerprint density at radius 2 is 2.00 bits per heavy atom. The van der Waals surface area contributed by atoms with E-state index in [1.54, 1.807) is 24.3 Å². The predicted molar refractivity (Wildman–Crippen MR) is 80.2 cm³/mol. The van der Waals surface area contributed by atoms with Crippen LogP contribution in [-0.2, 0) is 4.79 Å². The molecule has 1 aromatic heterocycles. The zero-order valence-electron chi connectivity index (χ0n) is 11.9. The summed E-state index contributed by atoms with van der Waals surface area (Å²) in [6, 6.07) is 8.33. The molecule has 2 rings (SSSR count). The molecule has 0 atom stereocenters. The molecule has 4 N–H and O–H groups in total. The minimum absolute atomic E-state index is 0.169. The van der Waals surface area contributed by atoms with Gasteiger partial charge in [0, 0.05) is 17.3 Å². The summed E-state index contributed by atoms with van der Waals surface area (Å²) in [5.41, 5.74) is 5.47. The number of amides is 1. The highest BCUT2D eigenvalue weighted by Crippen LogP contribution is 2.22. The molecule has 2 aromatic rings. The molecule has 0 saturated carbocycles. The minimum Gasteiger partial charge on any atom is -0.478 e. The zero-order valence-corrected chi connectivity index (χ0v) is 11.9. The van der Waals surface area contributed by atoms with E-state index in [1.807, 2.05) is 13.8 Å². The second-order valence-electron chi connectivity index (χ2n) is 5.53. The molecule has 0 aliphatic carbocycles. The Kier molecular flexibility index (Phi) is 3.80. The fourth-order valence-electron chi connectivity index (χ4n) is 2.24. The number of nitrogens with two attached hydrogens (primary N) is 1. The SMILES string of the molecule is CC(C)(CC(N)=O)Nc1ccc2c(C(=O)O)cccc2n1. The van der Waals surface area contributed by atoms with Gasteiger partial charge in [-0.25, -0.2) is 9.78 Å². The number of carbonyl (C=O) groups excluding carboxylic acids is 1. The molecule has 0 fully saturated rings. The van der Waals surface area contributed by atoms with E-state index >= 15 is 0 Å². The van der Waals surface area contributed by atoms with Crippen LogP contribution in [0.3, 0.4) is 0 Å². The van der Waals surface area contributed by atoms with E-state index in [9.17, 15) is 9.59 Å². The van der Waals surface area contributed by atoms with Crippen LogP contribution >= 0.6 is 0 Å². The first-order valence-electron chi connectivity index (χ1n) is 6.48. The summed E-state index contributed by atoms with van der Waals surface area (Å²) in [5.74, 6) is -0.824. The van der Waals surface area contributed by atoms with E-state index in [0.29, 0.717) is 16.7 Å². The molecule has 0 spiro atoms. The Bertz CT molecular complexity index is 710. The first-order chi connectivity index (χ1) is 9.78. The second kappa shape index (κ2) is 5.40.